The highest BCUT2D eigenvalue weighted by Gasteiger charge is 2.18. The SMILES string of the molecule is CCOC(=O)c1[nH]nc(COCc2ccccc2)c1Br. The first kappa shape index (κ1) is 14.7. The molecular weight excluding hydrogens is 324 g/mol. The van der Waals surface area contributed by atoms with Crippen molar-refractivity contribution < 1.29 is 14.3 Å². The Morgan fingerprint density at radius 2 is 2.05 bits per heavy atom. The number of carbonyl (C=O) groups excluding carboxylic acids is 1. The van der Waals surface area contributed by atoms with E-state index in [0.29, 0.717) is 35.7 Å². The van der Waals surface area contributed by atoms with E-state index >= 15 is 0 Å². The van der Waals surface area contributed by atoms with E-state index < -0.39 is 5.97 Å². The summed E-state index contributed by atoms with van der Waals surface area (Å²) in [4.78, 5) is 11.6. The van der Waals surface area contributed by atoms with Crippen LogP contribution in [0.15, 0.2) is 34.8 Å². The largest absolute Gasteiger partial charge is 0.461 e. The summed E-state index contributed by atoms with van der Waals surface area (Å²) in [6.07, 6.45) is 0. The Hall–Kier alpha value is -1.66. The van der Waals surface area contributed by atoms with Crippen LogP contribution in [0.5, 0.6) is 0 Å². The van der Waals surface area contributed by atoms with E-state index in [0.717, 1.165) is 5.56 Å². The zero-order chi connectivity index (χ0) is 14.4. The van der Waals surface area contributed by atoms with E-state index in [2.05, 4.69) is 26.1 Å². The number of halogens is 1. The summed E-state index contributed by atoms with van der Waals surface area (Å²) >= 11 is 3.33. The number of benzene rings is 1. The highest BCUT2D eigenvalue weighted by molar-refractivity contribution is 9.10. The molecule has 1 N–H and O–H groups in total. The molecule has 0 spiro atoms. The average molecular weight is 339 g/mol. The van der Waals surface area contributed by atoms with E-state index in [9.17, 15) is 4.79 Å². The van der Waals surface area contributed by atoms with Crippen LogP contribution in [0.3, 0.4) is 0 Å². The molecule has 0 radical (unpaired) electrons. The van der Waals surface area contributed by atoms with Crippen LogP contribution in [-0.4, -0.2) is 22.8 Å². The van der Waals surface area contributed by atoms with Gasteiger partial charge >= 0.3 is 5.97 Å². The van der Waals surface area contributed by atoms with Gasteiger partial charge in [0.25, 0.3) is 0 Å². The third-order valence-electron chi connectivity index (χ3n) is 2.61. The fraction of sp³-hybridized carbons (Fsp3) is 0.286. The number of aromatic nitrogens is 2. The molecule has 0 saturated carbocycles. The molecule has 0 aliphatic rings. The van der Waals surface area contributed by atoms with Crippen molar-refractivity contribution in [3.05, 3.63) is 51.8 Å². The lowest BCUT2D eigenvalue weighted by molar-refractivity contribution is 0.0518. The van der Waals surface area contributed by atoms with Gasteiger partial charge in [0, 0.05) is 0 Å². The van der Waals surface area contributed by atoms with Gasteiger partial charge in [-0.15, -0.1) is 0 Å². The smallest absolute Gasteiger partial charge is 0.357 e. The maximum absolute atomic E-state index is 11.6. The van der Waals surface area contributed by atoms with Crippen LogP contribution >= 0.6 is 15.9 Å². The Balaban J connectivity index is 1.92. The molecule has 2 aromatic rings. The molecule has 0 fully saturated rings. The molecule has 0 saturated heterocycles. The molecule has 0 aliphatic heterocycles. The van der Waals surface area contributed by atoms with Crippen LogP contribution in [-0.2, 0) is 22.7 Å². The lowest BCUT2D eigenvalue weighted by atomic mass is 10.2. The number of rotatable bonds is 6. The molecule has 20 heavy (non-hydrogen) atoms. The average Bonchev–Trinajstić information content (AvgIpc) is 2.82. The van der Waals surface area contributed by atoms with Gasteiger partial charge in [0.15, 0.2) is 5.69 Å². The number of nitrogens with one attached hydrogen (secondary N) is 1. The summed E-state index contributed by atoms with van der Waals surface area (Å²) in [7, 11) is 0. The first-order valence-corrected chi connectivity index (χ1v) is 7.03. The van der Waals surface area contributed by atoms with Crippen molar-refractivity contribution >= 4 is 21.9 Å². The summed E-state index contributed by atoms with van der Waals surface area (Å²) in [5, 5.41) is 6.71. The van der Waals surface area contributed by atoms with Crippen LogP contribution in [0, 0.1) is 0 Å². The number of nitrogens with zero attached hydrogens (tertiary/aromatic N) is 1. The van der Waals surface area contributed by atoms with E-state index in [1.54, 1.807) is 6.92 Å². The second-order valence-corrected chi connectivity index (χ2v) is 4.85. The zero-order valence-corrected chi connectivity index (χ0v) is 12.6. The quantitative estimate of drug-likeness (QED) is 0.822. The topological polar surface area (TPSA) is 64.2 Å². The molecule has 1 heterocycles. The van der Waals surface area contributed by atoms with Gasteiger partial charge in [-0.05, 0) is 28.4 Å². The minimum Gasteiger partial charge on any atom is -0.461 e. The monoisotopic (exact) mass is 338 g/mol. The van der Waals surface area contributed by atoms with Gasteiger partial charge in [0.2, 0.25) is 0 Å². The Bertz CT molecular complexity index is 569. The molecule has 0 atom stereocenters. The van der Waals surface area contributed by atoms with Crippen molar-refractivity contribution in [1.82, 2.24) is 10.2 Å². The van der Waals surface area contributed by atoms with Gasteiger partial charge in [0.1, 0.15) is 5.69 Å². The molecule has 1 aromatic carbocycles. The second-order valence-electron chi connectivity index (χ2n) is 4.06. The van der Waals surface area contributed by atoms with Gasteiger partial charge in [-0.1, -0.05) is 30.3 Å². The lowest BCUT2D eigenvalue weighted by Crippen LogP contribution is -2.05. The zero-order valence-electron chi connectivity index (χ0n) is 11.1. The van der Waals surface area contributed by atoms with E-state index in [4.69, 9.17) is 9.47 Å². The summed E-state index contributed by atoms with van der Waals surface area (Å²) in [5.74, 6) is -0.429. The Morgan fingerprint density at radius 3 is 2.75 bits per heavy atom. The Labute approximate surface area is 125 Å². The van der Waals surface area contributed by atoms with Crippen LogP contribution in [0.1, 0.15) is 28.7 Å². The van der Waals surface area contributed by atoms with Gasteiger partial charge in [0.05, 0.1) is 24.3 Å². The fourth-order valence-corrected chi connectivity index (χ4v) is 2.09. The minimum atomic E-state index is -0.429. The van der Waals surface area contributed by atoms with E-state index in [1.807, 2.05) is 30.3 Å². The number of esters is 1. The molecule has 0 aliphatic carbocycles. The van der Waals surface area contributed by atoms with Crippen molar-refractivity contribution in [2.75, 3.05) is 6.61 Å². The fourth-order valence-electron chi connectivity index (χ4n) is 1.64. The third kappa shape index (κ3) is 3.68. The van der Waals surface area contributed by atoms with Crippen LogP contribution < -0.4 is 0 Å². The van der Waals surface area contributed by atoms with E-state index in [-0.39, 0.29) is 0 Å². The lowest BCUT2D eigenvalue weighted by Gasteiger charge is -2.03. The van der Waals surface area contributed by atoms with Crippen LogP contribution in [0.2, 0.25) is 0 Å². The number of hydrogen-bond donors (Lipinski definition) is 1. The van der Waals surface area contributed by atoms with Gasteiger partial charge < -0.3 is 9.47 Å². The number of hydrogen-bond acceptors (Lipinski definition) is 4. The second kappa shape index (κ2) is 7.21. The van der Waals surface area contributed by atoms with Gasteiger partial charge in [-0.25, -0.2) is 4.79 Å². The molecule has 0 bridgehead atoms. The minimum absolute atomic E-state index is 0.310. The molecule has 6 heteroatoms. The summed E-state index contributed by atoms with van der Waals surface area (Å²) < 4.78 is 11.1. The third-order valence-corrected chi connectivity index (χ3v) is 3.46. The van der Waals surface area contributed by atoms with Crippen molar-refractivity contribution in [1.29, 1.82) is 0 Å². The normalized spacial score (nSPS) is 10.5. The van der Waals surface area contributed by atoms with Crippen LogP contribution in [0.25, 0.3) is 0 Å². The maximum Gasteiger partial charge on any atom is 0.357 e. The van der Waals surface area contributed by atoms with Crippen molar-refractivity contribution in [2.24, 2.45) is 0 Å². The summed E-state index contributed by atoms with van der Waals surface area (Å²) in [6, 6.07) is 9.86. The first-order valence-electron chi connectivity index (χ1n) is 6.24. The molecule has 1 aromatic heterocycles. The molecule has 2 rings (SSSR count). The molecular formula is C14H15BrN2O3. The predicted molar refractivity (Wildman–Crippen MR) is 77.2 cm³/mol. The van der Waals surface area contributed by atoms with Gasteiger partial charge in [-0.3, -0.25) is 5.10 Å². The standard InChI is InChI=1S/C14H15BrN2O3/c1-2-20-14(18)13-12(15)11(16-17-13)9-19-8-10-6-4-3-5-7-10/h3-7H,2,8-9H2,1H3,(H,16,17). The molecule has 0 amide bonds. The van der Waals surface area contributed by atoms with Crippen molar-refractivity contribution in [3.8, 4) is 0 Å². The maximum atomic E-state index is 11.6. The molecule has 5 nitrogen and oxygen atoms in total. The first-order chi connectivity index (χ1) is 9.72. The van der Waals surface area contributed by atoms with Crippen molar-refractivity contribution in [3.63, 3.8) is 0 Å². The van der Waals surface area contributed by atoms with E-state index in [1.165, 1.54) is 0 Å². The highest BCUT2D eigenvalue weighted by Crippen LogP contribution is 2.21. The summed E-state index contributed by atoms with van der Waals surface area (Å²) in [6.45, 7) is 2.89. The molecule has 106 valence electrons. The van der Waals surface area contributed by atoms with Gasteiger partial charge in [-0.2, -0.15) is 5.10 Å². The van der Waals surface area contributed by atoms with Crippen molar-refractivity contribution in [2.45, 2.75) is 20.1 Å². The Kier molecular flexibility index (Phi) is 5.31. The molecule has 0 unspecified atom stereocenters. The number of carbonyl (C=O) groups is 1. The highest BCUT2D eigenvalue weighted by atomic mass is 79.9. The van der Waals surface area contributed by atoms with Crippen LogP contribution in [0.4, 0.5) is 0 Å². The Morgan fingerprint density at radius 1 is 1.30 bits per heavy atom. The number of ether oxygens (including phenoxy) is 2. The number of aromatic amines is 1. The predicted octanol–water partition coefficient (Wildman–Crippen LogP) is 3.07. The number of H-pyrrole nitrogens is 1. The summed E-state index contributed by atoms with van der Waals surface area (Å²) in [5.41, 5.74) is 2.04.